The highest BCUT2D eigenvalue weighted by Crippen LogP contribution is 2.27. The van der Waals surface area contributed by atoms with Gasteiger partial charge in [0.15, 0.2) is 5.69 Å². The van der Waals surface area contributed by atoms with Crippen LogP contribution in [0.3, 0.4) is 0 Å². The molecule has 3 rings (SSSR count). The number of hydrogen-bond acceptors (Lipinski definition) is 4. The van der Waals surface area contributed by atoms with Crippen LogP contribution < -0.4 is 10.6 Å². The molecule has 2 N–H and O–H groups in total. The first kappa shape index (κ1) is 23.5. The molecule has 2 heterocycles. The van der Waals surface area contributed by atoms with Crippen LogP contribution in [0.25, 0.3) is 10.9 Å². The van der Waals surface area contributed by atoms with Crippen molar-refractivity contribution >= 4 is 34.3 Å². The highest BCUT2D eigenvalue weighted by Gasteiger charge is 2.34. The number of rotatable bonds is 7. The second kappa shape index (κ2) is 10.0. The third kappa shape index (κ3) is 5.77. The summed E-state index contributed by atoms with van der Waals surface area (Å²) in [5.74, 6) is -0.109. The lowest BCUT2D eigenvalue weighted by atomic mass is 9.86. The first-order valence-electron chi connectivity index (χ1n) is 11.0. The molecule has 0 radical (unpaired) electrons. The van der Waals surface area contributed by atoms with Gasteiger partial charge in [-0.1, -0.05) is 39.3 Å². The first-order valence-corrected chi connectivity index (χ1v) is 11.4. The summed E-state index contributed by atoms with van der Waals surface area (Å²) in [6, 6.07) is 4.80. The summed E-state index contributed by atoms with van der Waals surface area (Å²) in [4.78, 5) is 26.0. The standard InChI is InChI=1S/C23H33ClN4O3/c1-5-10-25-22(30)20(23(2,3)4)26-21(29)19-17-13-16(24)6-7-18(17)28(27-19)14-15-8-11-31-12-9-15/h6-7,13,15,20H,5,8-12,14H2,1-4H3,(H,25,30)(H,26,29)/t20-/m1/s1. The summed E-state index contributed by atoms with van der Waals surface area (Å²) in [6.45, 7) is 10.6. The lowest BCUT2D eigenvalue weighted by Gasteiger charge is -2.30. The van der Waals surface area contributed by atoms with Crippen molar-refractivity contribution in [1.82, 2.24) is 20.4 Å². The van der Waals surface area contributed by atoms with Gasteiger partial charge in [0.2, 0.25) is 5.91 Å². The van der Waals surface area contributed by atoms with Crippen molar-refractivity contribution in [2.45, 2.75) is 59.5 Å². The van der Waals surface area contributed by atoms with Crippen LogP contribution in [0.4, 0.5) is 0 Å². The van der Waals surface area contributed by atoms with E-state index in [1.165, 1.54) is 0 Å². The molecule has 0 aliphatic carbocycles. The molecule has 1 atom stereocenters. The second-order valence-electron chi connectivity index (χ2n) is 9.31. The van der Waals surface area contributed by atoms with Gasteiger partial charge in [-0.25, -0.2) is 0 Å². The van der Waals surface area contributed by atoms with Gasteiger partial charge in [0, 0.05) is 36.7 Å². The fourth-order valence-corrected chi connectivity index (χ4v) is 4.03. The van der Waals surface area contributed by atoms with Crippen LogP contribution in [0.15, 0.2) is 18.2 Å². The molecule has 1 aromatic heterocycles. The maximum absolute atomic E-state index is 13.3. The van der Waals surface area contributed by atoms with Crippen LogP contribution in [-0.4, -0.2) is 47.4 Å². The quantitative estimate of drug-likeness (QED) is 0.674. The average molecular weight is 449 g/mol. The van der Waals surface area contributed by atoms with Crippen molar-refractivity contribution in [2.24, 2.45) is 11.3 Å². The van der Waals surface area contributed by atoms with Crippen molar-refractivity contribution in [3.63, 3.8) is 0 Å². The Bertz CT molecular complexity index is 929. The van der Waals surface area contributed by atoms with Crippen LogP contribution in [0.1, 0.15) is 57.4 Å². The van der Waals surface area contributed by atoms with Gasteiger partial charge in [0.25, 0.3) is 5.91 Å². The Kier molecular flexibility index (Phi) is 7.59. The van der Waals surface area contributed by atoms with Gasteiger partial charge in [-0.15, -0.1) is 0 Å². The first-order chi connectivity index (χ1) is 14.7. The molecule has 0 bridgehead atoms. The molecule has 7 nitrogen and oxygen atoms in total. The zero-order valence-electron chi connectivity index (χ0n) is 18.8. The van der Waals surface area contributed by atoms with Crippen LogP contribution in [0, 0.1) is 11.3 Å². The van der Waals surface area contributed by atoms with Crippen LogP contribution in [-0.2, 0) is 16.1 Å². The van der Waals surface area contributed by atoms with E-state index in [0.717, 1.165) is 38.0 Å². The average Bonchev–Trinajstić information content (AvgIpc) is 3.07. The Hall–Kier alpha value is -2.12. The van der Waals surface area contributed by atoms with E-state index in [1.54, 1.807) is 6.07 Å². The zero-order valence-corrected chi connectivity index (χ0v) is 19.6. The molecule has 1 aliphatic heterocycles. The predicted molar refractivity (Wildman–Crippen MR) is 122 cm³/mol. The zero-order chi connectivity index (χ0) is 22.6. The molecule has 1 aliphatic rings. The largest absolute Gasteiger partial charge is 0.381 e. The predicted octanol–water partition coefficient (Wildman–Crippen LogP) is 3.79. The molecule has 1 aromatic carbocycles. The number of aromatic nitrogens is 2. The Labute approximate surface area is 188 Å². The van der Waals surface area contributed by atoms with Crippen molar-refractivity contribution in [2.75, 3.05) is 19.8 Å². The number of nitrogens with one attached hydrogen (secondary N) is 2. The van der Waals surface area contributed by atoms with Crippen molar-refractivity contribution in [3.8, 4) is 0 Å². The number of fused-ring (bicyclic) bond motifs is 1. The van der Waals surface area contributed by atoms with Gasteiger partial charge < -0.3 is 15.4 Å². The van der Waals surface area contributed by atoms with E-state index in [-0.39, 0.29) is 11.8 Å². The molecule has 170 valence electrons. The Morgan fingerprint density at radius 3 is 2.65 bits per heavy atom. The van der Waals surface area contributed by atoms with Crippen molar-refractivity contribution in [3.05, 3.63) is 28.9 Å². The maximum Gasteiger partial charge on any atom is 0.273 e. The normalized spacial score (nSPS) is 16.3. The molecule has 1 fully saturated rings. The summed E-state index contributed by atoms with van der Waals surface area (Å²) < 4.78 is 7.35. The van der Waals surface area contributed by atoms with E-state index in [4.69, 9.17) is 16.3 Å². The number of nitrogens with zero attached hydrogens (tertiary/aromatic N) is 2. The van der Waals surface area contributed by atoms with Gasteiger partial charge >= 0.3 is 0 Å². The molecule has 0 saturated carbocycles. The van der Waals surface area contributed by atoms with Gasteiger partial charge in [0.05, 0.1) is 5.52 Å². The van der Waals surface area contributed by atoms with E-state index in [2.05, 4.69) is 15.7 Å². The SMILES string of the molecule is CCCNC(=O)[C@@H](NC(=O)c1nn(CC2CCOCC2)c2ccc(Cl)cc12)C(C)(C)C. The molecular formula is C23H33ClN4O3. The molecule has 2 amide bonds. The molecule has 2 aromatic rings. The fourth-order valence-electron chi connectivity index (χ4n) is 3.86. The van der Waals surface area contributed by atoms with Gasteiger partial charge in [-0.2, -0.15) is 5.10 Å². The number of amides is 2. The molecular weight excluding hydrogens is 416 g/mol. The van der Waals surface area contributed by atoms with Crippen LogP contribution in [0.2, 0.25) is 5.02 Å². The molecule has 0 spiro atoms. The molecule has 8 heteroatoms. The van der Waals surface area contributed by atoms with Crippen molar-refractivity contribution < 1.29 is 14.3 Å². The number of hydrogen-bond donors (Lipinski definition) is 2. The Morgan fingerprint density at radius 1 is 1.29 bits per heavy atom. The summed E-state index contributed by atoms with van der Waals surface area (Å²) in [5, 5.41) is 11.7. The van der Waals surface area contributed by atoms with Gasteiger partial charge in [-0.3, -0.25) is 14.3 Å². The minimum Gasteiger partial charge on any atom is -0.381 e. The number of halogens is 1. The van der Waals surface area contributed by atoms with Crippen LogP contribution >= 0.6 is 11.6 Å². The third-order valence-corrected chi connectivity index (χ3v) is 5.89. The summed E-state index contributed by atoms with van der Waals surface area (Å²) in [5.41, 5.74) is 0.705. The molecule has 1 saturated heterocycles. The highest BCUT2D eigenvalue weighted by atomic mass is 35.5. The minimum atomic E-state index is -0.679. The van der Waals surface area contributed by atoms with E-state index in [0.29, 0.717) is 35.1 Å². The lowest BCUT2D eigenvalue weighted by Crippen LogP contribution is -2.53. The summed E-state index contributed by atoms with van der Waals surface area (Å²) in [6.07, 6.45) is 2.77. The van der Waals surface area contributed by atoms with Crippen molar-refractivity contribution in [1.29, 1.82) is 0 Å². The fraction of sp³-hybridized carbons (Fsp3) is 0.609. The summed E-state index contributed by atoms with van der Waals surface area (Å²) >= 11 is 6.23. The van der Waals surface area contributed by atoms with E-state index >= 15 is 0 Å². The Balaban J connectivity index is 1.90. The molecule has 0 unspecified atom stereocenters. The second-order valence-corrected chi connectivity index (χ2v) is 9.75. The smallest absolute Gasteiger partial charge is 0.273 e. The van der Waals surface area contributed by atoms with E-state index < -0.39 is 11.5 Å². The Morgan fingerprint density at radius 2 is 2.00 bits per heavy atom. The number of benzene rings is 1. The monoisotopic (exact) mass is 448 g/mol. The van der Waals surface area contributed by atoms with E-state index in [9.17, 15) is 9.59 Å². The summed E-state index contributed by atoms with van der Waals surface area (Å²) in [7, 11) is 0. The topological polar surface area (TPSA) is 85.3 Å². The number of carbonyl (C=O) groups is 2. The number of carbonyl (C=O) groups excluding carboxylic acids is 2. The number of ether oxygens (including phenoxy) is 1. The highest BCUT2D eigenvalue weighted by molar-refractivity contribution is 6.31. The van der Waals surface area contributed by atoms with E-state index in [1.807, 2.05) is 44.5 Å². The van der Waals surface area contributed by atoms with Gasteiger partial charge in [-0.05, 0) is 48.8 Å². The third-order valence-electron chi connectivity index (χ3n) is 5.65. The molecule has 31 heavy (non-hydrogen) atoms. The van der Waals surface area contributed by atoms with Crippen LogP contribution in [0.5, 0.6) is 0 Å². The maximum atomic E-state index is 13.3. The lowest BCUT2D eigenvalue weighted by molar-refractivity contribution is -0.125. The minimum absolute atomic E-state index is 0.188. The van der Waals surface area contributed by atoms with Gasteiger partial charge in [0.1, 0.15) is 6.04 Å².